The van der Waals surface area contributed by atoms with E-state index >= 15 is 0 Å². The number of hydrogen-bond donors (Lipinski definition) is 4. The molecule has 0 radical (unpaired) electrons. The van der Waals surface area contributed by atoms with E-state index in [4.69, 9.17) is 9.84 Å². The quantitative estimate of drug-likeness (QED) is 0.448. The highest BCUT2D eigenvalue weighted by molar-refractivity contribution is 5.83. The van der Waals surface area contributed by atoms with E-state index in [1.165, 1.54) is 0 Å². The van der Waals surface area contributed by atoms with Crippen molar-refractivity contribution in [1.82, 2.24) is 10.6 Å². The number of carbonyl (C=O) groups is 3. The van der Waals surface area contributed by atoms with Gasteiger partial charge in [-0.2, -0.15) is 0 Å². The molecule has 0 aromatic heterocycles. The molecule has 0 spiro atoms. The highest BCUT2D eigenvalue weighted by Crippen LogP contribution is 2.44. The minimum absolute atomic E-state index is 0.0732. The SMILES string of the molecule is CC(C)C(C(=O)NCC(C)(O)C(=O)O)C(C)NC(=O)OCC1c2ccccc2-c2ccccc21. The first-order chi connectivity index (χ1) is 16.0. The molecule has 182 valence electrons. The fraction of sp³-hybridized carbons (Fsp3) is 0.423. The molecule has 2 aromatic rings. The molecule has 4 N–H and O–H groups in total. The first-order valence-electron chi connectivity index (χ1n) is 11.4. The maximum Gasteiger partial charge on any atom is 0.407 e. The van der Waals surface area contributed by atoms with Gasteiger partial charge in [0.15, 0.2) is 5.60 Å². The summed E-state index contributed by atoms with van der Waals surface area (Å²) >= 11 is 0. The van der Waals surface area contributed by atoms with Crippen LogP contribution in [-0.4, -0.2) is 53.0 Å². The Balaban J connectivity index is 1.61. The zero-order valence-electron chi connectivity index (χ0n) is 19.9. The Kier molecular flexibility index (Phi) is 7.61. The Morgan fingerprint density at radius 2 is 1.53 bits per heavy atom. The van der Waals surface area contributed by atoms with Crippen molar-refractivity contribution in [2.24, 2.45) is 11.8 Å². The van der Waals surface area contributed by atoms with Gasteiger partial charge in [0, 0.05) is 12.0 Å². The molecule has 1 aliphatic carbocycles. The molecule has 0 bridgehead atoms. The van der Waals surface area contributed by atoms with E-state index in [1.807, 2.05) is 50.2 Å². The summed E-state index contributed by atoms with van der Waals surface area (Å²) in [7, 11) is 0. The lowest BCUT2D eigenvalue weighted by Crippen LogP contribution is -2.52. The number of benzene rings is 2. The lowest BCUT2D eigenvalue weighted by atomic mass is 9.88. The number of alkyl carbamates (subject to hydrolysis) is 1. The molecule has 0 heterocycles. The van der Waals surface area contributed by atoms with E-state index in [0.717, 1.165) is 29.2 Å². The average molecular weight is 469 g/mol. The van der Waals surface area contributed by atoms with E-state index in [2.05, 4.69) is 22.8 Å². The van der Waals surface area contributed by atoms with E-state index in [1.54, 1.807) is 6.92 Å². The van der Waals surface area contributed by atoms with Crippen LogP contribution in [0.1, 0.15) is 44.7 Å². The Labute approximate surface area is 199 Å². The number of aliphatic hydroxyl groups is 1. The number of nitrogens with one attached hydrogen (secondary N) is 2. The van der Waals surface area contributed by atoms with Crippen LogP contribution in [0, 0.1) is 11.8 Å². The van der Waals surface area contributed by atoms with Gasteiger partial charge in [-0.3, -0.25) is 4.79 Å². The molecule has 0 fully saturated rings. The predicted molar refractivity (Wildman–Crippen MR) is 127 cm³/mol. The molecule has 8 heteroatoms. The van der Waals surface area contributed by atoms with Crippen molar-refractivity contribution in [3.63, 3.8) is 0 Å². The Bertz CT molecular complexity index is 1020. The maximum absolute atomic E-state index is 12.7. The maximum atomic E-state index is 12.7. The number of carboxylic acid groups (broad SMARTS) is 1. The second kappa shape index (κ2) is 10.3. The monoisotopic (exact) mass is 468 g/mol. The Hall–Kier alpha value is -3.39. The van der Waals surface area contributed by atoms with Crippen LogP contribution in [0.25, 0.3) is 11.1 Å². The summed E-state index contributed by atoms with van der Waals surface area (Å²) in [5, 5.41) is 24.1. The zero-order valence-corrected chi connectivity index (χ0v) is 19.9. The number of carbonyl (C=O) groups excluding carboxylic acids is 2. The molecule has 8 nitrogen and oxygen atoms in total. The van der Waals surface area contributed by atoms with E-state index in [-0.39, 0.29) is 18.4 Å². The summed E-state index contributed by atoms with van der Waals surface area (Å²) in [6.45, 7) is 6.18. The summed E-state index contributed by atoms with van der Waals surface area (Å²) < 4.78 is 5.57. The highest BCUT2D eigenvalue weighted by Gasteiger charge is 2.35. The van der Waals surface area contributed by atoms with Crippen molar-refractivity contribution in [2.45, 2.75) is 45.3 Å². The van der Waals surface area contributed by atoms with Crippen LogP contribution in [0.2, 0.25) is 0 Å². The third-order valence-electron chi connectivity index (χ3n) is 6.32. The van der Waals surface area contributed by atoms with E-state index in [9.17, 15) is 19.5 Å². The van der Waals surface area contributed by atoms with Crippen molar-refractivity contribution in [3.05, 3.63) is 59.7 Å². The third kappa shape index (κ3) is 5.39. The summed E-state index contributed by atoms with van der Waals surface area (Å²) in [5.74, 6) is -2.76. The van der Waals surface area contributed by atoms with Crippen LogP contribution in [0.4, 0.5) is 4.79 Å². The van der Waals surface area contributed by atoms with E-state index in [0.29, 0.717) is 0 Å². The lowest BCUT2D eigenvalue weighted by Gasteiger charge is -2.28. The molecule has 3 rings (SSSR count). The summed E-state index contributed by atoms with van der Waals surface area (Å²) in [4.78, 5) is 36.4. The molecule has 34 heavy (non-hydrogen) atoms. The van der Waals surface area contributed by atoms with Gasteiger partial charge < -0.3 is 25.6 Å². The smallest absolute Gasteiger partial charge is 0.407 e. The van der Waals surface area contributed by atoms with Gasteiger partial charge in [-0.25, -0.2) is 9.59 Å². The molecule has 3 atom stereocenters. The van der Waals surface area contributed by atoms with Gasteiger partial charge in [0.1, 0.15) is 6.61 Å². The van der Waals surface area contributed by atoms with Crippen molar-refractivity contribution >= 4 is 18.0 Å². The molecule has 0 saturated heterocycles. The highest BCUT2D eigenvalue weighted by atomic mass is 16.5. The van der Waals surface area contributed by atoms with Crippen molar-refractivity contribution in [1.29, 1.82) is 0 Å². The van der Waals surface area contributed by atoms with Gasteiger partial charge in [-0.05, 0) is 42.0 Å². The third-order valence-corrected chi connectivity index (χ3v) is 6.32. The van der Waals surface area contributed by atoms with Gasteiger partial charge in [-0.1, -0.05) is 62.4 Å². The molecular formula is C26H32N2O6. The average Bonchev–Trinajstić information content (AvgIpc) is 3.10. The lowest BCUT2D eigenvalue weighted by molar-refractivity contribution is -0.156. The van der Waals surface area contributed by atoms with Crippen LogP contribution in [0.15, 0.2) is 48.5 Å². The minimum atomic E-state index is -2.08. The normalized spacial score (nSPS) is 16.1. The van der Waals surface area contributed by atoms with Crippen molar-refractivity contribution in [2.75, 3.05) is 13.2 Å². The first-order valence-corrected chi connectivity index (χ1v) is 11.4. The topological polar surface area (TPSA) is 125 Å². The number of fused-ring (bicyclic) bond motifs is 3. The predicted octanol–water partition coefficient (Wildman–Crippen LogP) is 3.14. The minimum Gasteiger partial charge on any atom is -0.479 e. The number of hydrogen-bond acceptors (Lipinski definition) is 5. The molecule has 0 saturated carbocycles. The molecule has 3 unspecified atom stereocenters. The van der Waals surface area contributed by atoms with Crippen LogP contribution in [-0.2, 0) is 14.3 Å². The van der Waals surface area contributed by atoms with Crippen molar-refractivity contribution in [3.8, 4) is 11.1 Å². The van der Waals surface area contributed by atoms with Gasteiger partial charge in [0.05, 0.1) is 12.5 Å². The second-order valence-corrected chi connectivity index (χ2v) is 9.33. The number of carboxylic acids is 1. The molecule has 1 aliphatic rings. The van der Waals surface area contributed by atoms with Crippen molar-refractivity contribution < 1.29 is 29.3 Å². The van der Waals surface area contributed by atoms with Gasteiger partial charge in [0.2, 0.25) is 5.91 Å². The number of amides is 2. The second-order valence-electron chi connectivity index (χ2n) is 9.33. The van der Waals surface area contributed by atoms with Crippen LogP contribution in [0.5, 0.6) is 0 Å². The van der Waals surface area contributed by atoms with Crippen LogP contribution in [0.3, 0.4) is 0 Å². The molecular weight excluding hydrogens is 436 g/mol. The molecule has 0 aliphatic heterocycles. The standard InChI is InChI=1S/C26H32N2O6/c1-15(2)22(23(29)27-14-26(4,33)24(30)31)16(3)28-25(32)34-13-21-19-11-7-5-9-17(19)18-10-6-8-12-20(18)21/h5-12,15-16,21-22,33H,13-14H2,1-4H3,(H,27,29)(H,28,32)(H,30,31). The molecule has 2 aromatic carbocycles. The number of aliphatic carboxylic acids is 1. The van der Waals surface area contributed by atoms with Crippen LogP contribution < -0.4 is 10.6 Å². The summed E-state index contributed by atoms with van der Waals surface area (Å²) in [5.41, 5.74) is 2.40. The van der Waals surface area contributed by atoms with Gasteiger partial charge >= 0.3 is 12.1 Å². The fourth-order valence-corrected chi connectivity index (χ4v) is 4.48. The summed E-state index contributed by atoms with van der Waals surface area (Å²) in [6.07, 6.45) is -0.634. The van der Waals surface area contributed by atoms with Crippen LogP contribution >= 0.6 is 0 Å². The number of ether oxygens (including phenoxy) is 1. The van der Waals surface area contributed by atoms with Gasteiger partial charge in [-0.15, -0.1) is 0 Å². The fourth-order valence-electron chi connectivity index (χ4n) is 4.48. The largest absolute Gasteiger partial charge is 0.479 e. The summed E-state index contributed by atoms with van der Waals surface area (Å²) in [6, 6.07) is 15.5. The van der Waals surface area contributed by atoms with Gasteiger partial charge in [0.25, 0.3) is 0 Å². The Morgan fingerprint density at radius 1 is 1.00 bits per heavy atom. The number of rotatable bonds is 9. The zero-order chi connectivity index (χ0) is 25.0. The first kappa shape index (κ1) is 25.2. The van der Waals surface area contributed by atoms with E-state index < -0.39 is 42.1 Å². The Morgan fingerprint density at radius 3 is 2.03 bits per heavy atom. The molecule has 2 amide bonds.